The number of ketones is 1. The van der Waals surface area contributed by atoms with E-state index in [1.807, 2.05) is 0 Å². The fraction of sp³-hybridized carbons (Fsp3) is 0.587. The zero-order valence-electron chi connectivity index (χ0n) is 38.7. The number of benzene rings is 2. The number of Topliss-reactive ketones (excluding diaryl/α,β-unsaturated/α-hetero) is 1. The van der Waals surface area contributed by atoms with E-state index in [0.29, 0.717) is 37.1 Å². The number of carbonyl (C=O) groups excluding carboxylic acids is 6. The molecule has 0 spiro atoms. The van der Waals surface area contributed by atoms with Gasteiger partial charge in [-0.05, 0) is 98.4 Å². The van der Waals surface area contributed by atoms with Gasteiger partial charge < -0.3 is 52.2 Å². The number of tetrazole rings is 1. The predicted octanol–water partition coefficient (Wildman–Crippen LogP) is 2.11. The van der Waals surface area contributed by atoms with Crippen molar-refractivity contribution in [2.24, 2.45) is 5.73 Å². The molecule has 66 heavy (non-hydrogen) atoms. The number of aromatic hydroxyl groups is 1. The molecular formula is C46H69N11O9. The van der Waals surface area contributed by atoms with Crippen LogP contribution in [0.15, 0.2) is 36.4 Å². The lowest BCUT2D eigenvalue weighted by atomic mass is 9.93. The molecule has 4 rings (SSSR count). The fourth-order valence-electron chi connectivity index (χ4n) is 7.73. The molecule has 3 aromatic rings. The van der Waals surface area contributed by atoms with Gasteiger partial charge in [-0.2, -0.15) is 0 Å². The molecule has 0 unspecified atom stereocenters. The van der Waals surface area contributed by atoms with Gasteiger partial charge in [-0.25, -0.2) is 5.10 Å². The van der Waals surface area contributed by atoms with E-state index in [1.165, 1.54) is 70.4 Å². The second-order valence-corrected chi connectivity index (χ2v) is 16.8. The summed E-state index contributed by atoms with van der Waals surface area (Å²) in [6, 6.07) is 3.18. The summed E-state index contributed by atoms with van der Waals surface area (Å²) in [5.74, 6) is -3.93. The number of nitrogens with one attached hydrogen (secondary N) is 6. The SMILES string of the molecule is CCCCCCCCCCNCCC(=O)N[C@@H](CCCCN)C(=O)N(C)[C@@H]1C(=O)N[C@@H](C)C(=O)N[C@H](C(=O)N[C@@H](C)C(=O)c2nnn[nH]2)Cc2ccc(O)c(c2)-c2cc1ccc2OCCO. The minimum Gasteiger partial charge on any atom is -0.507 e. The molecule has 0 saturated carbocycles. The van der Waals surface area contributed by atoms with E-state index in [2.05, 4.69) is 54.1 Å². The molecule has 1 aliphatic rings. The van der Waals surface area contributed by atoms with Crippen molar-refractivity contribution in [3.63, 3.8) is 0 Å². The Labute approximate surface area is 386 Å². The maximum absolute atomic E-state index is 14.6. The molecule has 20 nitrogen and oxygen atoms in total. The highest BCUT2D eigenvalue weighted by Gasteiger charge is 2.36. The Morgan fingerprint density at radius 1 is 0.924 bits per heavy atom. The smallest absolute Gasteiger partial charge is 0.248 e. The van der Waals surface area contributed by atoms with Crippen LogP contribution in [-0.2, 0) is 30.4 Å². The number of aliphatic hydroxyl groups excluding tert-OH is 1. The van der Waals surface area contributed by atoms with E-state index in [4.69, 9.17) is 10.5 Å². The highest BCUT2D eigenvalue weighted by Crippen LogP contribution is 2.39. The van der Waals surface area contributed by atoms with E-state index in [1.54, 1.807) is 30.3 Å². The van der Waals surface area contributed by atoms with Crippen LogP contribution in [0.5, 0.6) is 11.5 Å². The average Bonchev–Trinajstić information content (AvgIpc) is 3.85. The Bertz CT molecular complexity index is 2050. The van der Waals surface area contributed by atoms with Crippen LogP contribution in [0.1, 0.15) is 126 Å². The van der Waals surface area contributed by atoms with Gasteiger partial charge in [-0.15, -0.1) is 5.10 Å². The molecular weight excluding hydrogens is 851 g/mol. The summed E-state index contributed by atoms with van der Waals surface area (Å²) in [6.07, 6.45) is 10.9. The largest absolute Gasteiger partial charge is 0.507 e. The first kappa shape index (κ1) is 52.6. The number of likely N-dealkylation sites (N-methyl/N-ethyl adjacent to an activating group) is 1. The van der Waals surface area contributed by atoms with Crippen LogP contribution in [0.2, 0.25) is 0 Å². The molecule has 0 radical (unpaired) electrons. The Morgan fingerprint density at radius 3 is 2.36 bits per heavy atom. The zero-order chi connectivity index (χ0) is 48.0. The molecule has 4 bridgehead atoms. The van der Waals surface area contributed by atoms with Gasteiger partial charge in [0.2, 0.25) is 41.1 Å². The number of nitrogens with zero attached hydrogens (tertiary/aromatic N) is 4. The molecule has 0 saturated heterocycles. The summed E-state index contributed by atoms with van der Waals surface area (Å²) in [7, 11) is 1.43. The van der Waals surface area contributed by atoms with Gasteiger partial charge >= 0.3 is 0 Å². The number of aromatic amines is 1. The first-order chi connectivity index (χ1) is 31.8. The first-order valence-electron chi connectivity index (χ1n) is 23.1. The number of phenolic OH excluding ortho intramolecular Hbond substituents is 1. The molecule has 5 amide bonds. The summed E-state index contributed by atoms with van der Waals surface area (Å²) in [5.41, 5.74) is 7.06. The van der Waals surface area contributed by atoms with E-state index >= 15 is 0 Å². The Morgan fingerprint density at radius 2 is 1.67 bits per heavy atom. The number of carbonyl (C=O) groups is 6. The average molecular weight is 920 g/mol. The number of hydrogen-bond acceptors (Lipinski definition) is 14. The molecule has 20 heteroatoms. The van der Waals surface area contributed by atoms with Gasteiger partial charge in [-0.3, -0.25) is 28.8 Å². The summed E-state index contributed by atoms with van der Waals surface area (Å²) in [5, 5.41) is 47.9. The van der Waals surface area contributed by atoms with E-state index in [0.717, 1.165) is 19.4 Å². The molecule has 0 aliphatic carbocycles. The highest BCUT2D eigenvalue weighted by molar-refractivity contribution is 6.00. The van der Waals surface area contributed by atoms with Gasteiger partial charge in [0, 0.05) is 37.6 Å². The number of amides is 5. The van der Waals surface area contributed by atoms with Crippen molar-refractivity contribution in [2.45, 2.75) is 134 Å². The lowest BCUT2D eigenvalue weighted by molar-refractivity contribution is -0.143. The number of ether oxygens (including phenoxy) is 1. The number of H-pyrrole nitrogens is 1. The predicted molar refractivity (Wildman–Crippen MR) is 246 cm³/mol. The van der Waals surface area contributed by atoms with Crippen LogP contribution >= 0.6 is 0 Å². The number of aromatic nitrogens is 4. The van der Waals surface area contributed by atoms with Crippen LogP contribution in [-0.4, -0.2) is 135 Å². The lowest BCUT2D eigenvalue weighted by Crippen LogP contribution is -2.57. The Balaban J connectivity index is 1.62. The second-order valence-electron chi connectivity index (χ2n) is 16.8. The highest BCUT2D eigenvalue weighted by atomic mass is 16.5. The van der Waals surface area contributed by atoms with Crippen molar-refractivity contribution in [1.29, 1.82) is 0 Å². The van der Waals surface area contributed by atoms with Crippen molar-refractivity contribution >= 4 is 35.3 Å². The first-order valence-corrected chi connectivity index (χ1v) is 23.1. The lowest BCUT2D eigenvalue weighted by Gasteiger charge is -2.32. The molecule has 2 aromatic carbocycles. The topological polar surface area (TPSA) is 296 Å². The van der Waals surface area contributed by atoms with Crippen molar-refractivity contribution in [1.82, 2.24) is 52.1 Å². The molecule has 5 atom stereocenters. The fourth-order valence-corrected chi connectivity index (χ4v) is 7.73. The van der Waals surface area contributed by atoms with Gasteiger partial charge in [0.05, 0.1) is 12.6 Å². The summed E-state index contributed by atoms with van der Waals surface area (Å²) in [6.45, 7) is 6.20. The standard InChI is InChI=1S/C46H69N11O9/c1-5-6-7-8-9-10-11-14-22-48-23-20-39(60)51-35(15-12-13-21-47)46(65)57(4)40-32-17-19-38(66-25-24-58)34(28-32)33-26-31(16-18-37(33)59)27-36(52-43(62)30(3)50-45(40)64)44(63)49-29(2)41(61)42-53-55-56-54-42/h16-19,26,28-30,35-36,40,48,58-59H,5-15,20-25,27,47H2,1-4H3,(H,49,63)(H,50,64)(H,51,60)(H,52,62)(H,53,54,55,56)/t29-,30-,35-,36-,40-/m0/s1. The summed E-state index contributed by atoms with van der Waals surface area (Å²) >= 11 is 0. The van der Waals surface area contributed by atoms with E-state index in [9.17, 15) is 39.0 Å². The minimum absolute atomic E-state index is 0.110. The Hall–Kier alpha value is -5.99. The quantitative estimate of drug-likeness (QED) is 0.0412. The number of aliphatic hydroxyl groups is 1. The van der Waals surface area contributed by atoms with Crippen LogP contribution in [0, 0.1) is 0 Å². The number of rotatable bonds is 26. The van der Waals surface area contributed by atoms with Crippen LogP contribution in [0.3, 0.4) is 0 Å². The molecule has 2 heterocycles. The van der Waals surface area contributed by atoms with E-state index < -0.39 is 59.6 Å². The van der Waals surface area contributed by atoms with Crippen molar-refractivity contribution < 1.29 is 43.7 Å². The molecule has 10 N–H and O–H groups in total. The second kappa shape index (κ2) is 27.5. The third kappa shape index (κ3) is 15.9. The van der Waals surface area contributed by atoms with Gasteiger partial charge in [-0.1, -0.05) is 64.0 Å². The van der Waals surface area contributed by atoms with Crippen molar-refractivity contribution in [3.05, 3.63) is 53.3 Å². The van der Waals surface area contributed by atoms with Gasteiger partial charge in [0.1, 0.15) is 42.3 Å². The monoisotopic (exact) mass is 920 g/mol. The Kier molecular flexibility index (Phi) is 21.9. The van der Waals surface area contributed by atoms with E-state index in [-0.39, 0.29) is 66.8 Å². The number of unbranched alkanes of at least 4 members (excludes halogenated alkanes) is 8. The van der Waals surface area contributed by atoms with Gasteiger partial charge in [0.25, 0.3) is 0 Å². The summed E-state index contributed by atoms with van der Waals surface area (Å²) < 4.78 is 5.89. The summed E-state index contributed by atoms with van der Waals surface area (Å²) in [4.78, 5) is 84.2. The normalized spacial score (nSPS) is 17.1. The number of fused-ring (bicyclic) bond motifs is 5. The van der Waals surface area contributed by atoms with Crippen LogP contribution in [0.25, 0.3) is 11.1 Å². The van der Waals surface area contributed by atoms with Crippen molar-refractivity contribution in [2.75, 3.05) is 39.9 Å². The zero-order valence-corrected chi connectivity index (χ0v) is 38.7. The molecule has 0 fully saturated rings. The number of nitrogens with two attached hydrogens (primary N) is 1. The molecule has 1 aromatic heterocycles. The molecule has 362 valence electrons. The number of hydrogen-bond donors (Lipinski definition) is 9. The third-order valence-electron chi connectivity index (χ3n) is 11.5. The number of phenols is 1. The third-order valence-corrected chi connectivity index (χ3v) is 11.5. The van der Waals surface area contributed by atoms with Crippen LogP contribution < -0.4 is 37.1 Å². The van der Waals surface area contributed by atoms with Crippen LogP contribution in [0.4, 0.5) is 0 Å². The van der Waals surface area contributed by atoms with Crippen molar-refractivity contribution in [3.8, 4) is 22.6 Å². The maximum atomic E-state index is 14.6. The molecule has 1 aliphatic heterocycles. The maximum Gasteiger partial charge on any atom is 0.248 e. The van der Waals surface area contributed by atoms with Gasteiger partial charge in [0.15, 0.2) is 0 Å². The minimum atomic E-state index is -1.40.